The molecule has 1 saturated heterocycles. The van der Waals surface area contributed by atoms with E-state index in [2.05, 4.69) is 15.3 Å². The van der Waals surface area contributed by atoms with Gasteiger partial charge in [-0.05, 0) is 18.1 Å². The summed E-state index contributed by atoms with van der Waals surface area (Å²) in [6.45, 7) is 6.38. The van der Waals surface area contributed by atoms with Crippen molar-refractivity contribution in [2.45, 2.75) is 6.92 Å². The van der Waals surface area contributed by atoms with Gasteiger partial charge >= 0.3 is 0 Å². The SMILES string of the molecule is C[C@H](CNC(=O)c1nn(-c2cc(Cl)ccc2[N+](=O)[O-])cc1O)CN1CCOCC1. The van der Waals surface area contributed by atoms with Crippen LogP contribution in [0.5, 0.6) is 5.75 Å². The molecule has 0 saturated carbocycles. The summed E-state index contributed by atoms with van der Waals surface area (Å²) in [7, 11) is 0. The molecule has 1 fully saturated rings. The number of nitro benzene ring substituents is 1. The van der Waals surface area contributed by atoms with E-state index in [-0.39, 0.29) is 33.8 Å². The summed E-state index contributed by atoms with van der Waals surface area (Å²) >= 11 is 5.93. The molecule has 156 valence electrons. The van der Waals surface area contributed by atoms with Crippen molar-refractivity contribution in [1.82, 2.24) is 20.0 Å². The Morgan fingerprint density at radius 1 is 1.45 bits per heavy atom. The molecule has 29 heavy (non-hydrogen) atoms. The third-order valence-electron chi connectivity index (χ3n) is 4.58. The standard InChI is InChI=1S/C18H22ClN5O5/c1-12(10-22-4-6-29-7-5-22)9-20-18(26)17-16(25)11-23(21-17)15-8-13(19)2-3-14(15)24(27)28/h2-3,8,11-12,25H,4-7,9-10H2,1H3,(H,20,26)/t12-/m1/s1. The number of aromatic hydroxyl groups is 1. The van der Waals surface area contributed by atoms with E-state index >= 15 is 0 Å². The first kappa shape index (κ1) is 21.0. The zero-order chi connectivity index (χ0) is 21.0. The molecule has 1 amide bonds. The average Bonchev–Trinajstić information content (AvgIpc) is 3.08. The van der Waals surface area contributed by atoms with E-state index in [9.17, 15) is 20.0 Å². The van der Waals surface area contributed by atoms with Gasteiger partial charge in [-0.3, -0.25) is 19.8 Å². The highest BCUT2D eigenvalue weighted by atomic mass is 35.5. The number of morpholine rings is 1. The molecule has 1 aromatic heterocycles. The number of amides is 1. The summed E-state index contributed by atoms with van der Waals surface area (Å²) in [6, 6.07) is 3.97. The van der Waals surface area contributed by atoms with Gasteiger partial charge in [-0.1, -0.05) is 18.5 Å². The van der Waals surface area contributed by atoms with E-state index < -0.39 is 10.8 Å². The van der Waals surface area contributed by atoms with Crippen molar-refractivity contribution < 1.29 is 19.6 Å². The van der Waals surface area contributed by atoms with Gasteiger partial charge in [0.05, 0.1) is 24.3 Å². The van der Waals surface area contributed by atoms with Gasteiger partial charge in [0.15, 0.2) is 11.4 Å². The number of nitro groups is 1. The van der Waals surface area contributed by atoms with E-state index in [1.54, 1.807) is 0 Å². The fourth-order valence-electron chi connectivity index (χ4n) is 3.12. The van der Waals surface area contributed by atoms with Crippen LogP contribution in [0.3, 0.4) is 0 Å². The number of ether oxygens (including phenoxy) is 1. The smallest absolute Gasteiger partial charge is 0.294 e. The Morgan fingerprint density at radius 2 is 2.17 bits per heavy atom. The summed E-state index contributed by atoms with van der Waals surface area (Å²) in [5.41, 5.74) is -0.404. The Labute approximate surface area is 172 Å². The van der Waals surface area contributed by atoms with Crippen LogP contribution >= 0.6 is 11.6 Å². The van der Waals surface area contributed by atoms with Crippen LogP contribution < -0.4 is 5.32 Å². The summed E-state index contributed by atoms with van der Waals surface area (Å²) in [5.74, 6) is -0.743. The largest absolute Gasteiger partial charge is 0.504 e. The number of hydrogen-bond donors (Lipinski definition) is 2. The van der Waals surface area contributed by atoms with Gasteiger partial charge in [0, 0.05) is 37.3 Å². The third kappa shape index (κ3) is 5.22. The van der Waals surface area contributed by atoms with E-state index in [1.807, 2.05) is 6.92 Å². The van der Waals surface area contributed by atoms with E-state index in [1.165, 1.54) is 18.2 Å². The fraction of sp³-hybridized carbons (Fsp3) is 0.444. The van der Waals surface area contributed by atoms with Gasteiger partial charge in [-0.25, -0.2) is 4.68 Å². The van der Waals surface area contributed by atoms with Crippen molar-refractivity contribution in [3.8, 4) is 11.4 Å². The minimum atomic E-state index is -0.586. The van der Waals surface area contributed by atoms with Crippen LogP contribution in [0.15, 0.2) is 24.4 Å². The van der Waals surface area contributed by atoms with Crippen molar-refractivity contribution in [2.24, 2.45) is 5.92 Å². The summed E-state index contributed by atoms with van der Waals surface area (Å²) in [4.78, 5) is 25.4. The highest BCUT2D eigenvalue weighted by molar-refractivity contribution is 6.30. The van der Waals surface area contributed by atoms with Gasteiger partial charge in [-0.2, -0.15) is 5.10 Å². The second-order valence-electron chi connectivity index (χ2n) is 6.93. The molecule has 1 aliphatic rings. The van der Waals surface area contributed by atoms with Crippen LogP contribution in [0.2, 0.25) is 5.02 Å². The molecular formula is C18H22ClN5O5. The lowest BCUT2D eigenvalue weighted by atomic mass is 10.1. The van der Waals surface area contributed by atoms with E-state index in [0.717, 1.165) is 30.5 Å². The Morgan fingerprint density at radius 3 is 2.86 bits per heavy atom. The number of halogens is 1. The van der Waals surface area contributed by atoms with Crippen LogP contribution in [-0.4, -0.2) is 70.0 Å². The first-order valence-corrected chi connectivity index (χ1v) is 9.54. The average molecular weight is 424 g/mol. The molecule has 0 bridgehead atoms. The normalized spacial score (nSPS) is 15.8. The first-order chi connectivity index (χ1) is 13.8. The number of hydrogen-bond acceptors (Lipinski definition) is 7. The Balaban J connectivity index is 1.68. The first-order valence-electron chi connectivity index (χ1n) is 9.16. The quantitative estimate of drug-likeness (QED) is 0.514. The molecule has 1 atom stereocenters. The van der Waals surface area contributed by atoms with Gasteiger partial charge in [-0.15, -0.1) is 0 Å². The number of nitrogens with zero attached hydrogens (tertiary/aromatic N) is 4. The maximum absolute atomic E-state index is 12.5. The second kappa shape index (κ2) is 9.21. The molecule has 1 aliphatic heterocycles. The Kier molecular flexibility index (Phi) is 6.68. The number of carbonyl (C=O) groups excluding carboxylic acids is 1. The van der Waals surface area contributed by atoms with Crippen LogP contribution in [0.4, 0.5) is 5.69 Å². The molecule has 0 spiro atoms. The highest BCUT2D eigenvalue weighted by Crippen LogP contribution is 2.28. The number of rotatable bonds is 7. The number of nitrogens with one attached hydrogen (secondary N) is 1. The zero-order valence-corrected chi connectivity index (χ0v) is 16.6. The maximum Gasteiger partial charge on any atom is 0.294 e. The fourth-order valence-corrected chi connectivity index (χ4v) is 3.29. The molecule has 0 unspecified atom stereocenters. The van der Waals surface area contributed by atoms with Gasteiger partial charge in [0.1, 0.15) is 5.69 Å². The number of carbonyl (C=O) groups is 1. The number of aromatic nitrogens is 2. The summed E-state index contributed by atoms with van der Waals surface area (Å²) in [6.07, 6.45) is 1.14. The molecule has 0 aliphatic carbocycles. The molecule has 3 rings (SSSR count). The number of benzene rings is 1. The van der Waals surface area contributed by atoms with Crippen molar-refractivity contribution in [1.29, 1.82) is 0 Å². The molecule has 11 heteroatoms. The van der Waals surface area contributed by atoms with Gasteiger partial charge in [0.25, 0.3) is 11.6 Å². The lowest BCUT2D eigenvalue weighted by molar-refractivity contribution is -0.384. The molecule has 1 aromatic carbocycles. The van der Waals surface area contributed by atoms with Gasteiger partial charge < -0.3 is 15.2 Å². The van der Waals surface area contributed by atoms with Crippen molar-refractivity contribution in [3.05, 3.63) is 45.2 Å². The van der Waals surface area contributed by atoms with E-state index in [4.69, 9.17) is 16.3 Å². The minimum absolute atomic E-state index is 0.0533. The van der Waals surface area contributed by atoms with Crippen molar-refractivity contribution in [2.75, 3.05) is 39.4 Å². The maximum atomic E-state index is 12.5. The molecule has 2 heterocycles. The lowest BCUT2D eigenvalue weighted by Gasteiger charge is -2.29. The van der Waals surface area contributed by atoms with Gasteiger partial charge in [0.2, 0.25) is 0 Å². The topological polar surface area (TPSA) is 123 Å². The molecule has 2 aromatic rings. The zero-order valence-electron chi connectivity index (χ0n) is 15.9. The Bertz CT molecular complexity index is 897. The molecule has 0 radical (unpaired) electrons. The van der Waals surface area contributed by atoms with Crippen molar-refractivity contribution in [3.63, 3.8) is 0 Å². The van der Waals surface area contributed by atoms with Crippen LogP contribution in [-0.2, 0) is 4.74 Å². The predicted molar refractivity (Wildman–Crippen MR) is 106 cm³/mol. The summed E-state index contributed by atoms with van der Waals surface area (Å²) in [5, 5.41) is 28.4. The second-order valence-corrected chi connectivity index (χ2v) is 7.36. The molecular weight excluding hydrogens is 402 g/mol. The molecule has 2 N–H and O–H groups in total. The lowest BCUT2D eigenvalue weighted by Crippen LogP contribution is -2.41. The van der Waals surface area contributed by atoms with E-state index in [0.29, 0.717) is 19.8 Å². The predicted octanol–water partition coefficient (Wildman–Crippen LogP) is 1.84. The molecule has 10 nitrogen and oxygen atoms in total. The Hall–Kier alpha value is -2.69. The highest BCUT2D eigenvalue weighted by Gasteiger charge is 2.22. The summed E-state index contributed by atoms with van der Waals surface area (Å²) < 4.78 is 6.39. The van der Waals surface area contributed by atoms with Crippen molar-refractivity contribution >= 4 is 23.2 Å². The van der Waals surface area contributed by atoms with Crippen LogP contribution in [0.25, 0.3) is 5.69 Å². The third-order valence-corrected chi connectivity index (χ3v) is 4.81. The van der Waals surface area contributed by atoms with Crippen LogP contribution in [0.1, 0.15) is 17.4 Å². The minimum Gasteiger partial charge on any atom is -0.504 e. The van der Waals surface area contributed by atoms with Crippen LogP contribution in [0, 0.1) is 16.0 Å². The monoisotopic (exact) mass is 423 g/mol.